The average Bonchev–Trinajstić information content (AvgIpc) is 2.64. The Morgan fingerprint density at radius 2 is 1.93 bits per heavy atom. The van der Waals surface area contributed by atoms with Crippen molar-refractivity contribution < 1.29 is 4.79 Å². The van der Waals surface area contributed by atoms with Gasteiger partial charge in [0.1, 0.15) is 0 Å². The van der Waals surface area contributed by atoms with Crippen molar-refractivity contribution in [1.82, 2.24) is 0 Å². The molecule has 2 aromatic rings. The minimum atomic E-state index is -0.172. The zero-order valence-corrected chi connectivity index (χ0v) is 17.0. The summed E-state index contributed by atoms with van der Waals surface area (Å²) in [7, 11) is 0. The Labute approximate surface area is 166 Å². The Morgan fingerprint density at radius 1 is 1.22 bits per heavy atom. The Morgan fingerprint density at radius 3 is 2.56 bits per heavy atom. The summed E-state index contributed by atoms with van der Waals surface area (Å²) in [6.45, 7) is 7.44. The van der Waals surface area contributed by atoms with E-state index >= 15 is 0 Å². The summed E-state index contributed by atoms with van der Waals surface area (Å²) in [6, 6.07) is 11.7. The minimum Gasteiger partial charge on any atom is -0.397 e. The number of halogens is 1. The van der Waals surface area contributed by atoms with Crippen LogP contribution in [0, 0.1) is 0 Å². The number of nitrogens with two attached hydrogens (primary N) is 1. The first-order chi connectivity index (χ1) is 12.9. The highest BCUT2D eigenvalue weighted by molar-refractivity contribution is 6.34. The van der Waals surface area contributed by atoms with Crippen LogP contribution in [-0.4, -0.2) is 18.5 Å². The van der Waals surface area contributed by atoms with E-state index in [4.69, 9.17) is 17.3 Å². The average molecular weight is 386 g/mol. The van der Waals surface area contributed by atoms with Gasteiger partial charge in [-0.2, -0.15) is 0 Å². The van der Waals surface area contributed by atoms with Gasteiger partial charge in [-0.1, -0.05) is 37.6 Å². The second kappa shape index (κ2) is 8.22. The number of benzene rings is 2. The van der Waals surface area contributed by atoms with Crippen molar-refractivity contribution in [3.8, 4) is 0 Å². The summed E-state index contributed by atoms with van der Waals surface area (Å²) in [6.07, 6.45) is 3.53. The molecule has 0 unspecified atom stereocenters. The number of carbonyl (C=O) groups is 1. The van der Waals surface area contributed by atoms with Crippen LogP contribution in [-0.2, 0) is 0 Å². The van der Waals surface area contributed by atoms with Gasteiger partial charge in [0.2, 0.25) is 0 Å². The number of nitrogen functional groups attached to an aromatic ring is 1. The van der Waals surface area contributed by atoms with Crippen molar-refractivity contribution in [2.45, 2.75) is 52.0 Å². The maximum absolute atomic E-state index is 12.7. The van der Waals surface area contributed by atoms with E-state index in [0.29, 0.717) is 33.9 Å². The van der Waals surface area contributed by atoms with Crippen molar-refractivity contribution in [2.75, 3.05) is 22.5 Å². The van der Waals surface area contributed by atoms with E-state index in [9.17, 15) is 4.79 Å². The summed E-state index contributed by atoms with van der Waals surface area (Å²) >= 11 is 6.36. The maximum Gasteiger partial charge on any atom is 0.255 e. The van der Waals surface area contributed by atoms with Gasteiger partial charge in [0, 0.05) is 18.2 Å². The first-order valence-electron chi connectivity index (χ1n) is 9.63. The van der Waals surface area contributed by atoms with Crippen LogP contribution < -0.4 is 16.0 Å². The molecule has 1 fully saturated rings. The summed E-state index contributed by atoms with van der Waals surface area (Å²) in [5.74, 6) is 0.261. The smallest absolute Gasteiger partial charge is 0.255 e. The quantitative estimate of drug-likeness (QED) is 0.666. The normalized spacial score (nSPS) is 17.2. The van der Waals surface area contributed by atoms with Crippen LogP contribution in [0.25, 0.3) is 0 Å². The molecule has 0 radical (unpaired) electrons. The highest BCUT2D eigenvalue weighted by atomic mass is 35.5. The van der Waals surface area contributed by atoms with Gasteiger partial charge in [0.25, 0.3) is 5.91 Å². The molecule has 1 atom stereocenters. The van der Waals surface area contributed by atoms with E-state index in [0.717, 1.165) is 25.1 Å². The van der Waals surface area contributed by atoms with Crippen LogP contribution in [0.4, 0.5) is 17.1 Å². The molecule has 0 saturated carbocycles. The number of nitrogens with one attached hydrogen (secondary N) is 1. The monoisotopic (exact) mass is 385 g/mol. The summed E-state index contributed by atoms with van der Waals surface area (Å²) in [5.41, 5.74) is 10.2. The molecule has 3 N–H and O–H groups in total. The van der Waals surface area contributed by atoms with Crippen molar-refractivity contribution in [3.05, 3.63) is 52.5 Å². The summed E-state index contributed by atoms with van der Waals surface area (Å²) < 4.78 is 0. The van der Waals surface area contributed by atoms with E-state index < -0.39 is 0 Å². The molecule has 144 valence electrons. The van der Waals surface area contributed by atoms with Crippen LogP contribution >= 0.6 is 11.6 Å². The molecular weight excluding hydrogens is 358 g/mol. The van der Waals surface area contributed by atoms with E-state index in [-0.39, 0.29) is 5.91 Å². The van der Waals surface area contributed by atoms with Gasteiger partial charge < -0.3 is 16.0 Å². The molecule has 0 bridgehead atoms. The zero-order valence-electron chi connectivity index (χ0n) is 16.3. The van der Waals surface area contributed by atoms with Gasteiger partial charge in [-0.25, -0.2) is 0 Å². The molecule has 2 aromatic carbocycles. The van der Waals surface area contributed by atoms with E-state index in [1.54, 1.807) is 6.07 Å². The van der Waals surface area contributed by atoms with Crippen LogP contribution in [0.3, 0.4) is 0 Å². The lowest BCUT2D eigenvalue weighted by Crippen LogP contribution is -2.37. The van der Waals surface area contributed by atoms with Gasteiger partial charge >= 0.3 is 0 Å². The zero-order chi connectivity index (χ0) is 19.6. The van der Waals surface area contributed by atoms with Crippen LogP contribution in [0.2, 0.25) is 5.02 Å². The van der Waals surface area contributed by atoms with Gasteiger partial charge in [-0.05, 0) is 61.9 Å². The number of hydrogen-bond acceptors (Lipinski definition) is 3. The molecule has 1 saturated heterocycles. The predicted molar refractivity (Wildman–Crippen MR) is 115 cm³/mol. The molecule has 5 heteroatoms. The first-order valence-corrected chi connectivity index (χ1v) is 10.0. The van der Waals surface area contributed by atoms with E-state index in [2.05, 4.69) is 31.0 Å². The second-order valence-electron chi connectivity index (χ2n) is 7.66. The van der Waals surface area contributed by atoms with Crippen molar-refractivity contribution in [1.29, 1.82) is 0 Å². The fourth-order valence-electron chi connectivity index (χ4n) is 3.59. The van der Waals surface area contributed by atoms with Crippen LogP contribution in [0.15, 0.2) is 36.4 Å². The molecule has 0 aliphatic carbocycles. The third kappa shape index (κ3) is 4.38. The predicted octanol–water partition coefficient (Wildman–Crippen LogP) is 5.68. The van der Waals surface area contributed by atoms with Crippen molar-refractivity contribution in [2.24, 2.45) is 0 Å². The van der Waals surface area contributed by atoms with Crippen LogP contribution in [0.5, 0.6) is 0 Å². The third-order valence-electron chi connectivity index (χ3n) is 5.32. The Kier molecular flexibility index (Phi) is 5.95. The van der Waals surface area contributed by atoms with E-state index in [1.807, 2.05) is 30.3 Å². The summed E-state index contributed by atoms with van der Waals surface area (Å²) in [4.78, 5) is 15.0. The van der Waals surface area contributed by atoms with Gasteiger partial charge in [0.15, 0.2) is 0 Å². The largest absolute Gasteiger partial charge is 0.397 e. The van der Waals surface area contributed by atoms with Crippen molar-refractivity contribution in [3.63, 3.8) is 0 Å². The lowest BCUT2D eigenvalue weighted by molar-refractivity contribution is 0.102. The topological polar surface area (TPSA) is 58.4 Å². The fourth-order valence-corrected chi connectivity index (χ4v) is 3.81. The number of piperidine rings is 1. The molecule has 0 aromatic heterocycles. The Bertz CT molecular complexity index is 817. The second-order valence-corrected chi connectivity index (χ2v) is 8.07. The van der Waals surface area contributed by atoms with Crippen molar-refractivity contribution >= 4 is 34.6 Å². The molecule has 1 aliphatic heterocycles. The standard InChI is InChI=1S/C22H28ClN3O/c1-14(2)16-7-9-17(10-8-16)22(27)25-20-13-21(19(24)12-18(20)23)26-11-5-4-6-15(26)3/h7-10,12-15H,4-6,11,24H2,1-3H3,(H,25,27)/t15-/m1/s1. The van der Waals surface area contributed by atoms with Gasteiger partial charge in [0.05, 0.1) is 22.1 Å². The number of carbonyl (C=O) groups excluding carboxylic acids is 1. The molecule has 1 heterocycles. The molecule has 27 heavy (non-hydrogen) atoms. The lowest BCUT2D eigenvalue weighted by atomic mass is 10.0. The highest BCUT2D eigenvalue weighted by Crippen LogP contribution is 2.36. The summed E-state index contributed by atoms with van der Waals surface area (Å²) in [5, 5.41) is 3.40. The molecular formula is C22H28ClN3O. The number of anilines is 3. The van der Waals surface area contributed by atoms with Crippen LogP contribution in [0.1, 0.15) is 61.9 Å². The van der Waals surface area contributed by atoms with Gasteiger partial charge in [-0.15, -0.1) is 0 Å². The number of nitrogens with zero attached hydrogens (tertiary/aromatic N) is 1. The minimum absolute atomic E-state index is 0.172. The molecule has 4 nitrogen and oxygen atoms in total. The Balaban J connectivity index is 1.83. The van der Waals surface area contributed by atoms with Gasteiger partial charge in [-0.3, -0.25) is 4.79 Å². The maximum atomic E-state index is 12.7. The molecule has 1 amide bonds. The molecule has 3 rings (SSSR count). The molecule has 0 spiro atoms. The number of rotatable bonds is 4. The Hall–Kier alpha value is -2.20. The fraction of sp³-hybridized carbons (Fsp3) is 0.409. The number of amides is 1. The highest BCUT2D eigenvalue weighted by Gasteiger charge is 2.22. The third-order valence-corrected chi connectivity index (χ3v) is 5.63. The molecule has 1 aliphatic rings. The van der Waals surface area contributed by atoms with E-state index in [1.165, 1.54) is 12.0 Å². The first kappa shape index (κ1) is 19.6. The number of hydrogen-bond donors (Lipinski definition) is 2. The SMILES string of the molecule is CC(C)c1ccc(C(=O)Nc2cc(N3CCCC[C@H]3C)c(N)cc2Cl)cc1. The lowest BCUT2D eigenvalue weighted by Gasteiger charge is -2.36.